The van der Waals surface area contributed by atoms with Gasteiger partial charge in [-0.15, -0.1) is 0 Å². The SMILES string of the molecule is CC(=O)C1=C(O)C=CCC=N1.CNc1ccc2c(c1)C=CC1(CCN(C(C)C)CC1)C2. The van der Waals surface area contributed by atoms with Gasteiger partial charge in [0.2, 0.25) is 0 Å². The Bertz CT molecular complexity index is 917. The molecule has 1 saturated heterocycles. The van der Waals surface area contributed by atoms with Crippen molar-refractivity contribution in [1.82, 2.24) is 4.90 Å². The van der Waals surface area contributed by atoms with Crippen molar-refractivity contribution in [3.05, 3.63) is 59.0 Å². The average molecular weight is 422 g/mol. The molecule has 0 unspecified atom stereocenters. The van der Waals surface area contributed by atoms with E-state index in [1.807, 2.05) is 7.05 Å². The number of nitrogens with one attached hydrogen (secondary N) is 1. The molecule has 1 spiro atoms. The fraction of sp³-hybridized carbons (Fsp3) is 0.462. The van der Waals surface area contributed by atoms with Crippen LogP contribution >= 0.6 is 0 Å². The molecule has 0 amide bonds. The fourth-order valence-electron chi connectivity index (χ4n) is 4.40. The van der Waals surface area contributed by atoms with E-state index >= 15 is 0 Å². The van der Waals surface area contributed by atoms with E-state index in [2.05, 4.69) is 59.4 Å². The van der Waals surface area contributed by atoms with Gasteiger partial charge in [0, 0.05) is 38.3 Å². The number of likely N-dealkylation sites (tertiary alicyclic amines) is 1. The van der Waals surface area contributed by atoms with Crippen LogP contribution in [0.1, 0.15) is 51.2 Å². The van der Waals surface area contributed by atoms with Crippen molar-refractivity contribution in [3.8, 4) is 0 Å². The van der Waals surface area contributed by atoms with Crippen LogP contribution < -0.4 is 5.32 Å². The van der Waals surface area contributed by atoms with Gasteiger partial charge in [-0.2, -0.15) is 0 Å². The Morgan fingerprint density at radius 2 is 1.97 bits per heavy atom. The average Bonchev–Trinajstić information content (AvgIpc) is 2.98. The molecule has 1 aliphatic carbocycles. The number of aliphatic hydroxyl groups excluding tert-OH is 1. The van der Waals surface area contributed by atoms with E-state index < -0.39 is 0 Å². The van der Waals surface area contributed by atoms with E-state index in [9.17, 15) is 9.90 Å². The third-order valence-corrected chi connectivity index (χ3v) is 6.43. The first kappa shape index (κ1) is 23.0. The highest BCUT2D eigenvalue weighted by Crippen LogP contribution is 2.41. The monoisotopic (exact) mass is 421 g/mol. The maximum Gasteiger partial charge on any atom is 0.181 e. The Kier molecular flexibility index (Phi) is 7.50. The summed E-state index contributed by atoms with van der Waals surface area (Å²) in [5.74, 6) is -0.267. The van der Waals surface area contributed by atoms with Crippen LogP contribution in [0, 0.1) is 5.41 Å². The topological polar surface area (TPSA) is 64.9 Å². The van der Waals surface area contributed by atoms with Crippen LogP contribution in [0.15, 0.2) is 52.9 Å². The number of rotatable bonds is 3. The molecule has 5 heteroatoms. The zero-order chi connectivity index (χ0) is 22.4. The van der Waals surface area contributed by atoms with E-state index in [0.29, 0.717) is 17.9 Å². The molecule has 2 aliphatic heterocycles. The summed E-state index contributed by atoms with van der Waals surface area (Å²) in [5, 5.41) is 12.4. The Morgan fingerprint density at radius 3 is 2.61 bits per heavy atom. The van der Waals surface area contributed by atoms with E-state index in [1.54, 1.807) is 12.3 Å². The van der Waals surface area contributed by atoms with E-state index in [-0.39, 0.29) is 17.2 Å². The Labute approximate surface area is 186 Å². The van der Waals surface area contributed by atoms with Crippen molar-refractivity contribution in [3.63, 3.8) is 0 Å². The van der Waals surface area contributed by atoms with Gasteiger partial charge in [0.05, 0.1) is 0 Å². The number of allylic oxidation sites excluding steroid dienone is 4. The number of ketones is 1. The number of anilines is 1. The minimum atomic E-state index is -0.217. The van der Waals surface area contributed by atoms with Gasteiger partial charge in [-0.05, 0) is 81.0 Å². The summed E-state index contributed by atoms with van der Waals surface area (Å²) in [5.41, 5.74) is 4.68. The molecular weight excluding hydrogens is 386 g/mol. The third-order valence-electron chi connectivity index (χ3n) is 6.43. The van der Waals surface area contributed by atoms with Crippen molar-refractivity contribution < 1.29 is 9.90 Å². The highest BCUT2D eigenvalue weighted by atomic mass is 16.3. The molecule has 0 atom stereocenters. The van der Waals surface area contributed by atoms with Crippen molar-refractivity contribution in [2.45, 2.75) is 52.5 Å². The van der Waals surface area contributed by atoms with Crippen LogP contribution in [0.5, 0.6) is 0 Å². The molecule has 3 aliphatic rings. The summed E-state index contributed by atoms with van der Waals surface area (Å²) in [6.07, 6.45) is 14.1. The van der Waals surface area contributed by atoms with Gasteiger partial charge in [0.25, 0.3) is 0 Å². The smallest absolute Gasteiger partial charge is 0.181 e. The van der Waals surface area contributed by atoms with E-state index in [4.69, 9.17) is 0 Å². The Morgan fingerprint density at radius 1 is 1.23 bits per heavy atom. The van der Waals surface area contributed by atoms with E-state index in [1.165, 1.54) is 62.2 Å². The second-order valence-corrected chi connectivity index (χ2v) is 8.91. The van der Waals surface area contributed by atoms with Gasteiger partial charge in [0.15, 0.2) is 5.78 Å². The predicted molar refractivity (Wildman–Crippen MR) is 130 cm³/mol. The number of aliphatic hydroxyl groups is 1. The number of aliphatic imine (C=N–C) groups is 1. The first-order chi connectivity index (χ1) is 14.8. The summed E-state index contributed by atoms with van der Waals surface area (Å²) in [7, 11) is 1.98. The number of carbonyl (C=O) groups is 1. The molecule has 1 fully saturated rings. The second-order valence-electron chi connectivity index (χ2n) is 8.91. The summed E-state index contributed by atoms with van der Waals surface area (Å²) in [6.45, 7) is 8.48. The molecule has 2 N–H and O–H groups in total. The van der Waals surface area contributed by atoms with Crippen LogP contribution in [0.2, 0.25) is 0 Å². The molecule has 2 heterocycles. The first-order valence-corrected chi connectivity index (χ1v) is 11.2. The molecule has 0 aromatic heterocycles. The number of benzene rings is 1. The molecule has 0 bridgehead atoms. The number of nitrogens with zero attached hydrogens (tertiary/aromatic N) is 2. The normalized spacial score (nSPS) is 19.6. The molecule has 1 aromatic rings. The Balaban J connectivity index is 0.000000210. The molecule has 1 aromatic carbocycles. The van der Waals surface area contributed by atoms with Crippen molar-refractivity contribution in [2.24, 2.45) is 10.4 Å². The zero-order valence-electron chi connectivity index (χ0n) is 19.2. The molecule has 0 saturated carbocycles. The van der Waals surface area contributed by atoms with Gasteiger partial charge in [-0.1, -0.05) is 24.3 Å². The summed E-state index contributed by atoms with van der Waals surface area (Å²) in [6, 6.07) is 7.46. The lowest BCUT2D eigenvalue weighted by atomic mass is 9.70. The lowest BCUT2D eigenvalue weighted by Crippen LogP contribution is -2.43. The molecular formula is C26H35N3O2. The summed E-state index contributed by atoms with van der Waals surface area (Å²) >= 11 is 0. The molecule has 31 heavy (non-hydrogen) atoms. The van der Waals surface area contributed by atoms with E-state index in [0.717, 1.165) is 0 Å². The van der Waals surface area contributed by atoms with Gasteiger partial charge < -0.3 is 15.3 Å². The second kappa shape index (κ2) is 10.1. The molecule has 4 rings (SSSR count). The van der Waals surface area contributed by atoms with Crippen LogP contribution in [0.3, 0.4) is 0 Å². The van der Waals surface area contributed by atoms with Crippen molar-refractivity contribution in [1.29, 1.82) is 0 Å². The maximum atomic E-state index is 10.8. The largest absolute Gasteiger partial charge is 0.506 e. The minimum Gasteiger partial charge on any atom is -0.506 e. The van der Waals surface area contributed by atoms with Gasteiger partial charge in [-0.25, -0.2) is 0 Å². The number of carbonyl (C=O) groups excluding carboxylic acids is 1. The van der Waals surface area contributed by atoms with Gasteiger partial charge >= 0.3 is 0 Å². The minimum absolute atomic E-state index is 0.0498. The number of hydrogen-bond donors (Lipinski definition) is 2. The summed E-state index contributed by atoms with van der Waals surface area (Å²) < 4.78 is 0. The summed E-state index contributed by atoms with van der Waals surface area (Å²) in [4.78, 5) is 17.2. The molecule has 166 valence electrons. The number of fused-ring (bicyclic) bond motifs is 1. The molecule has 0 radical (unpaired) electrons. The number of piperidine rings is 1. The van der Waals surface area contributed by atoms with Crippen LogP contribution in [-0.4, -0.2) is 48.2 Å². The third kappa shape index (κ3) is 5.73. The van der Waals surface area contributed by atoms with Crippen LogP contribution in [-0.2, 0) is 11.2 Å². The zero-order valence-corrected chi connectivity index (χ0v) is 19.2. The standard InChI is InChI=1S/C18H26N2.C8H9NO2/c1-14(2)20-10-8-18(9-11-20)7-6-15-12-17(19-3)5-4-16(15)13-18;1-6(10)8-7(11)4-2-3-5-9-8/h4-7,12,14,19H,8-11,13H2,1-3H3;2,4-5,11H,3H2,1H3. The number of hydrogen-bond acceptors (Lipinski definition) is 5. The van der Waals surface area contributed by atoms with Gasteiger partial charge in [0.1, 0.15) is 11.5 Å². The van der Waals surface area contributed by atoms with Gasteiger partial charge in [-0.3, -0.25) is 9.79 Å². The highest BCUT2D eigenvalue weighted by Gasteiger charge is 2.35. The predicted octanol–water partition coefficient (Wildman–Crippen LogP) is 5.16. The number of Topliss-reactive ketones (excluding diaryl/α,β-unsaturated/α-hetero) is 1. The van der Waals surface area contributed by atoms with Crippen molar-refractivity contribution in [2.75, 3.05) is 25.5 Å². The lowest BCUT2D eigenvalue weighted by Gasteiger charge is -2.43. The first-order valence-electron chi connectivity index (χ1n) is 11.2. The highest BCUT2D eigenvalue weighted by molar-refractivity contribution is 5.95. The van der Waals surface area contributed by atoms with Crippen molar-refractivity contribution >= 4 is 23.8 Å². The fourth-order valence-corrected chi connectivity index (χ4v) is 4.40. The maximum absolute atomic E-state index is 10.8. The Hall–Kier alpha value is -2.66. The van der Waals surface area contributed by atoms with Crippen LogP contribution in [0.4, 0.5) is 5.69 Å². The lowest BCUT2D eigenvalue weighted by molar-refractivity contribution is -0.113. The quantitative estimate of drug-likeness (QED) is 0.707. The van der Waals surface area contributed by atoms with Crippen LogP contribution in [0.25, 0.3) is 6.08 Å². The molecule has 5 nitrogen and oxygen atoms in total.